The standard InChI is InChI=1S/C23H28O8/c1-4-5-6-7-8-9-15-10-18(23(26)27)17-12-20(31-22(25)14-29-3)19(11-16(15)17)30-21(24)13-28-2/h9-12H,4-8,13-14H2,1-3H3,(H,26,27)/b15-9+. The maximum Gasteiger partial charge on any atom is 0.337 e. The number of ether oxygens (including phenoxy) is 4. The summed E-state index contributed by atoms with van der Waals surface area (Å²) in [5.74, 6) is -2.56. The van der Waals surface area contributed by atoms with Crippen molar-refractivity contribution in [2.45, 2.75) is 39.0 Å². The molecule has 0 aliphatic heterocycles. The van der Waals surface area contributed by atoms with Crippen LogP contribution in [0, 0.1) is 0 Å². The smallest absolute Gasteiger partial charge is 0.337 e. The Kier molecular flexibility index (Phi) is 9.42. The molecule has 168 valence electrons. The topological polar surface area (TPSA) is 108 Å². The van der Waals surface area contributed by atoms with Gasteiger partial charge in [-0.1, -0.05) is 32.3 Å². The lowest BCUT2D eigenvalue weighted by molar-refractivity contribution is -0.141. The Labute approximate surface area is 181 Å². The van der Waals surface area contributed by atoms with Crippen molar-refractivity contribution in [1.29, 1.82) is 0 Å². The fourth-order valence-electron chi connectivity index (χ4n) is 3.21. The first kappa shape index (κ1) is 24.3. The summed E-state index contributed by atoms with van der Waals surface area (Å²) in [7, 11) is 2.69. The SMILES string of the molecule is CCCCCC/C=C1\C=C(C(=O)O)c2cc(OC(=O)COC)c(OC(=O)COC)cc21. The molecule has 0 saturated carbocycles. The number of fused-ring (bicyclic) bond motifs is 1. The maximum absolute atomic E-state index is 12.0. The van der Waals surface area contributed by atoms with Crippen LogP contribution >= 0.6 is 0 Å². The number of methoxy groups -OCH3 is 2. The van der Waals surface area contributed by atoms with Gasteiger partial charge in [-0.25, -0.2) is 14.4 Å². The fraction of sp³-hybridized carbons (Fsp3) is 0.435. The minimum atomic E-state index is -1.10. The Morgan fingerprint density at radius 3 is 2.00 bits per heavy atom. The Bertz CT molecular complexity index is 882. The van der Waals surface area contributed by atoms with E-state index in [1.54, 1.807) is 6.08 Å². The molecule has 0 bridgehead atoms. The van der Waals surface area contributed by atoms with Gasteiger partial charge in [0.25, 0.3) is 0 Å². The number of unbranched alkanes of at least 4 members (excludes halogenated alkanes) is 4. The molecular weight excluding hydrogens is 404 g/mol. The lowest BCUT2D eigenvalue weighted by Gasteiger charge is -2.14. The highest BCUT2D eigenvalue weighted by Gasteiger charge is 2.27. The third-order valence-corrected chi connectivity index (χ3v) is 4.61. The molecule has 0 atom stereocenters. The van der Waals surface area contributed by atoms with E-state index in [1.165, 1.54) is 26.4 Å². The van der Waals surface area contributed by atoms with Crippen LogP contribution in [0.15, 0.2) is 24.3 Å². The van der Waals surface area contributed by atoms with Crippen LogP contribution in [0.3, 0.4) is 0 Å². The van der Waals surface area contributed by atoms with E-state index >= 15 is 0 Å². The second kappa shape index (κ2) is 12.0. The molecular formula is C23H28O8. The summed E-state index contributed by atoms with van der Waals surface area (Å²) in [4.78, 5) is 35.7. The molecule has 2 rings (SSSR count). The van der Waals surface area contributed by atoms with Gasteiger partial charge in [0.2, 0.25) is 0 Å². The zero-order valence-corrected chi connectivity index (χ0v) is 18.1. The summed E-state index contributed by atoms with van der Waals surface area (Å²) in [5, 5.41) is 9.64. The molecule has 0 fully saturated rings. The molecule has 0 saturated heterocycles. The molecule has 31 heavy (non-hydrogen) atoms. The zero-order chi connectivity index (χ0) is 22.8. The van der Waals surface area contributed by atoms with Crippen molar-refractivity contribution in [2.24, 2.45) is 0 Å². The van der Waals surface area contributed by atoms with Gasteiger partial charge < -0.3 is 24.1 Å². The van der Waals surface area contributed by atoms with E-state index in [4.69, 9.17) is 18.9 Å². The molecule has 1 aromatic carbocycles. The van der Waals surface area contributed by atoms with E-state index < -0.39 is 17.9 Å². The number of carbonyl (C=O) groups excluding carboxylic acids is 2. The zero-order valence-electron chi connectivity index (χ0n) is 18.1. The normalized spacial score (nSPS) is 13.6. The van der Waals surface area contributed by atoms with Crippen molar-refractivity contribution in [3.05, 3.63) is 35.4 Å². The number of carboxylic acids is 1. The fourth-order valence-corrected chi connectivity index (χ4v) is 3.21. The summed E-state index contributed by atoms with van der Waals surface area (Å²) in [6.45, 7) is 1.53. The summed E-state index contributed by atoms with van der Waals surface area (Å²) in [6.07, 6.45) is 8.70. The molecule has 0 amide bonds. The average molecular weight is 432 g/mol. The van der Waals surface area contributed by atoms with Gasteiger partial charge in [-0.15, -0.1) is 0 Å². The summed E-state index contributed by atoms with van der Waals surface area (Å²) in [6, 6.07) is 2.92. The quantitative estimate of drug-likeness (QED) is 0.303. The monoisotopic (exact) mass is 432 g/mol. The number of hydrogen-bond acceptors (Lipinski definition) is 7. The first-order valence-electron chi connectivity index (χ1n) is 10.1. The molecule has 0 spiro atoms. The predicted molar refractivity (Wildman–Crippen MR) is 114 cm³/mol. The van der Waals surface area contributed by atoms with Crippen LogP contribution in [0.25, 0.3) is 11.1 Å². The van der Waals surface area contributed by atoms with Crippen molar-refractivity contribution in [3.8, 4) is 11.5 Å². The first-order valence-corrected chi connectivity index (χ1v) is 10.1. The highest BCUT2D eigenvalue weighted by atomic mass is 16.6. The van der Waals surface area contributed by atoms with Crippen molar-refractivity contribution >= 4 is 29.1 Å². The Hall–Kier alpha value is -2.97. The molecule has 0 heterocycles. The van der Waals surface area contributed by atoms with Crippen LogP contribution in [-0.2, 0) is 23.9 Å². The van der Waals surface area contributed by atoms with Crippen LogP contribution < -0.4 is 9.47 Å². The number of carbonyl (C=O) groups is 3. The lowest BCUT2D eigenvalue weighted by atomic mass is 10.0. The molecule has 0 radical (unpaired) electrons. The largest absolute Gasteiger partial charge is 0.478 e. The molecule has 8 heteroatoms. The van der Waals surface area contributed by atoms with Crippen LogP contribution in [0.5, 0.6) is 11.5 Å². The number of aliphatic carboxylic acids is 1. The highest BCUT2D eigenvalue weighted by molar-refractivity contribution is 6.22. The van der Waals surface area contributed by atoms with Gasteiger partial charge in [0, 0.05) is 19.8 Å². The van der Waals surface area contributed by atoms with Gasteiger partial charge in [-0.3, -0.25) is 0 Å². The molecule has 1 aliphatic rings. The minimum Gasteiger partial charge on any atom is -0.478 e. The van der Waals surface area contributed by atoms with Gasteiger partial charge in [0.1, 0.15) is 13.2 Å². The van der Waals surface area contributed by atoms with Crippen molar-refractivity contribution < 1.29 is 38.4 Å². The molecule has 8 nitrogen and oxygen atoms in total. The number of benzene rings is 1. The van der Waals surface area contributed by atoms with Crippen LogP contribution in [0.2, 0.25) is 0 Å². The van der Waals surface area contributed by atoms with E-state index in [-0.39, 0.29) is 30.3 Å². The number of hydrogen-bond donors (Lipinski definition) is 1. The van der Waals surface area contributed by atoms with Gasteiger partial charge in [0.05, 0.1) is 5.57 Å². The summed E-state index contributed by atoms with van der Waals surface area (Å²) >= 11 is 0. The maximum atomic E-state index is 12.0. The van der Waals surface area contributed by atoms with Crippen LogP contribution in [0.4, 0.5) is 0 Å². The van der Waals surface area contributed by atoms with E-state index in [0.717, 1.165) is 37.7 Å². The second-order valence-electron chi connectivity index (χ2n) is 7.03. The van der Waals surface area contributed by atoms with Crippen LogP contribution in [0.1, 0.15) is 50.2 Å². The Morgan fingerprint density at radius 2 is 1.48 bits per heavy atom. The van der Waals surface area contributed by atoms with Gasteiger partial charge in [0.15, 0.2) is 11.5 Å². The molecule has 0 aromatic heterocycles. The Morgan fingerprint density at radius 1 is 0.903 bits per heavy atom. The summed E-state index contributed by atoms with van der Waals surface area (Å²) in [5.41, 5.74) is 1.79. The number of allylic oxidation sites excluding steroid dienone is 3. The van der Waals surface area contributed by atoms with Crippen molar-refractivity contribution in [3.63, 3.8) is 0 Å². The predicted octanol–water partition coefficient (Wildman–Crippen LogP) is 3.63. The number of rotatable bonds is 12. The van der Waals surface area contributed by atoms with E-state index in [0.29, 0.717) is 11.1 Å². The number of carboxylic acid groups (broad SMARTS) is 1. The third-order valence-electron chi connectivity index (χ3n) is 4.61. The first-order chi connectivity index (χ1) is 14.9. The third kappa shape index (κ3) is 6.77. The molecule has 1 N–H and O–H groups in total. The highest BCUT2D eigenvalue weighted by Crippen LogP contribution is 2.42. The number of esters is 2. The lowest BCUT2D eigenvalue weighted by Crippen LogP contribution is -2.18. The summed E-state index contributed by atoms with van der Waals surface area (Å²) < 4.78 is 20.1. The molecule has 1 aromatic rings. The molecule has 0 unspecified atom stereocenters. The van der Waals surface area contributed by atoms with Crippen LogP contribution in [-0.4, -0.2) is 50.4 Å². The van der Waals surface area contributed by atoms with Gasteiger partial charge >= 0.3 is 17.9 Å². The van der Waals surface area contributed by atoms with Crippen molar-refractivity contribution in [1.82, 2.24) is 0 Å². The van der Waals surface area contributed by atoms with Gasteiger partial charge in [-0.05, 0) is 42.2 Å². The van der Waals surface area contributed by atoms with E-state index in [1.807, 2.05) is 6.08 Å². The second-order valence-corrected chi connectivity index (χ2v) is 7.03. The average Bonchev–Trinajstić information content (AvgIpc) is 3.06. The van der Waals surface area contributed by atoms with Crippen molar-refractivity contribution in [2.75, 3.05) is 27.4 Å². The molecule has 1 aliphatic carbocycles. The minimum absolute atomic E-state index is 0.00201. The van der Waals surface area contributed by atoms with E-state index in [9.17, 15) is 19.5 Å². The van der Waals surface area contributed by atoms with Gasteiger partial charge in [-0.2, -0.15) is 0 Å². The van der Waals surface area contributed by atoms with E-state index in [2.05, 4.69) is 6.92 Å². The Balaban J connectivity index is 2.43.